The van der Waals surface area contributed by atoms with Crippen LogP contribution in [0.2, 0.25) is 0 Å². The lowest BCUT2D eigenvalue weighted by molar-refractivity contribution is 0.407. The van der Waals surface area contributed by atoms with Crippen molar-refractivity contribution in [2.45, 2.75) is 24.8 Å². The van der Waals surface area contributed by atoms with Gasteiger partial charge in [0.25, 0.3) is 0 Å². The number of hydrogen-bond donors (Lipinski definition) is 0. The molecule has 5 nitrogen and oxygen atoms in total. The zero-order valence-electron chi connectivity index (χ0n) is 13.4. The number of nitrogens with zero attached hydrogens (tertiary/aromatic N) is 3. The van der Waals surface area contributed by atoms with Crippen LogP contribution in [-0.2, 0) is 16.9 Å². The first kappa shape index (κ1) is 15.8. The Morgan fingerprint density at radius 1 is 1.30 bits per heavy atom. The number of imidazole rings is 1. The van der Waals surface area contributed by atoms with E-state index in [-0.39, 0.29) is 5.75 Å². The summed E-state index contributed by atoms with van der Waals surface area (Å²) in [5.41, 5.74) is 4.27. The van der Waals surface area contributed by atoms with Gasteiger partial charge in [0, 0.05) is 35.5 Å². The number of fused-ring (bicyclic) bond motifs is 1. The predicted molar refractivity (Wildman–Crippen MR) is 90.9 cm³/mol. The maximum atomic E-state index is 12.7. The fourth-order valence-electron chi connectivity index (χ4n) is 2.63. The Balaban J connectivity index is 1.95. The van der Waals surface area contributed by atoms with Crippen LogP contribution in [0, 0.1) is 20.9 Å². The first-order chi connectivity index (χ1) is 11.0. The van der Waals surface area contributed by atoms with Crippen molar-refractivity contribution in [3.8, 4) is 5.75 Å². The van der Waals surface area contributed by atoms with E-state index in [1.54, 1.807) is 17.9 Å². The van der Waals surface area contributed by atoms with Crippen molar-refractivity contribution < 1.29 is 9.29 Å². The van der Waals surface area contributed by atoms with E-state index < -0.39 is 11.2 Å². The van der Waals surface area contributed by atoms with Gasteiger partial charge in [0.2, 0.25) is 0 Å². The summed E-state index contributed by atoms with van der Waals surface area (Å²) in [6.07, 6.45) is 1.74. The Labute approximate surface area is 138 Å². The van der Waals surface area contributed by atoms with Gasteiger partial charge < -0.3 is 9.29 Å². The van der Waals surface area contributed by atoms with Crippen LogP contribution in [0.3, 0.4) is 0 Å². The van der Waals surface area contributed by atoms with Crippen LogP contribution in [0.25, 0.3) is 11.0 Å². The predicted octanol–water partition coefficient (Wildman–Crippen LogP) is 3.00. The van der Waals surface area contributed by atoms with Gasteiger partial charge in [-0.3, -0.25) is 9.55 Å². The van der Waals surface area contributed by atoms with Crippen molar-refractivity contribution in [1.82, 2.24) is 14.5 Å². The number of methoxy groups -OCH3 is 1. The van der Waals surface area contributed by atoms with E-state index in [0.29, 0.717) is 5.16 Å². The van der Waals surface area contributed by atoms with Crippen LogP contribution in [0.15, 0.2) is 35.6 Å². The molecule has 1 atom stereocenters. The summed E-state index contributed by atoms with van der Waals surface area (Å²) in [5, 5.41) is 0.451. The van der Waals surface area contributed by atoms with Crippen molar-refractivity contribution in [3.05, 3.63) is 54.3 Å². The average Bonchev–Trinajstić information content (AvgIpc) is 2.88. The summed E-state index contributed by atoms with van der Waals surface area (Å²) in [7, 11) is 5.59. The monoisotopic (exact) mass is 328 g/mol. The van der Waals surface area contributed by atoms with Gasteiger partial charge in [-0.05, 0) is 26.0 Å². The third kappa shape index (κ3) is 2.80. The number of benzene rings is 1. The summed E-state index contributed by atoms with van der Waals surface area (Å²) in [4.78, 5) is 8.84. The van der Waals surface area contributed by atoms with Crippen molar-refractivity contribution in [1.29, 1.82) is 0 Å². The summed E-state index contributed by atoms with van der Waals surface area (Å²) < 4.78 is 19.8. The van der Waals surface area contributed by atoms with Gasteiger partial charge in [0.15, 0.2) is 5.75 Å². The lowest BCUT2D eigenvalue weighted by atomic mass is 10.1. The van der Waals surface area contributed by atoms with Crippen LogP contribution >= 0.6 is 0 Å². The minimum atomic E-state index is -1.33. The van der Waals surface area contributed by atoms with Gasteiger partial charge in [-0.25, -0.2) is 0 Å². The van der Waals surface area contributed by atoms with E-state index >= 15 is 0 Å². The molecule has 1 aromatic carbocycles. The van der Waals surface area contributed by atoms with E-state index in [9.17, 15) is 4.55 Å². The van der Waals surface area contributed by atoms with E-state index in [4.69, 9.17) is 4.74 Å². The molecule has 119 valence electrons. The Kier molecular flexibility index (Phi) is 4.28. The number of aromatic nitrogens is 3. The highest BCUT2D eigenvalue weighted by Crippen LogP contribution is 2.27. The summed E-state index contributed by atoms with van der Waals surface area (Å²) in [5.74, 6) is 1.07. The van der Waals surface area contributed by atoms with Crippen molar-refractivity contribution >= 4 is 22.2 Å². The van der Waals surface area contributed by atoms with Gasteiger partial charge in [0.1, 0.15) is 5.75 Å². The first-order valence-corrected chi connectivity index (χ1v) is 8.50. The van der Waals surface area contributed by atoms with Gasteiger partial charge in [-0.1, -0.05) is 12.1 Å². The molecule has 3 rings (SSSR count). The van der Waals surface area contributed by atoms with Crippen LogP contribution < -0.4 is 4.74 Å². The molecule has 0 fully saturated rings. The molecule has 0 N–H and O–H groups in total. The molecule has 6 heteroatoms. The largest absolute Gasteiger partial charge is 0.609 e. The maximum Gasteiger partial charge on any atom is 0.324 e. The van der Waals surface area contributed by atoms with Gasteiger partial charge in [-0.2, -0.15) is 4.98 Å². The molecule has 0 amide bonds. The SMILES string of the molecule is [CH2]n1c([S+]([O-])Cc2ncc(C)c(OC)c2C)nc2ccccc21. The number of aryl methyl sites for hydroxylation is 1. The maximum absolute atomic E-state index is 12.7. The number of para-hydroxylation sites is 2. The molecule has 0 bridgehead atoms. The van der Waals surface area contributed by atoms with Gasteiger partial charge in [0.05, 0.1) is 23.8 Å². The first-order valence-electron chi connectivity index (χ1n) is 7.18. The standard InChI is InChI=1S/C17H18N3O2S/c1-11-9-18-14(12(2)16(11)22-4)10-23(21)17-19-13-7-5-6-8-15(13)20(17)3/h5-9H,3,10H2,1-2,4H3. The van der Waals surface area contributed by atoms with Crippen molar-refractivity contribution in [2.75, 3.05) is 7.11 Å². The lowest BCUT2D eigenvalue weighted by Crippen LogP contribution is -2.13. The fraction of sp³-hybridized carbons (Fsp3) is 0.235. The summed E-state index contributed by atoms with van der Waals surface area (Å²) in [6.45, 7) is 3.87. The quantitative estimate of drug-likeness (QED) is 0.691. The summed E-state index contributed by atoms with van der Waals surface area (Å²) in [6, 6.07) is 7.61. The molecule has 0 aliphatic carbocycles. The zero-order valence-corrected chi connectivity index (χ0v) is 14.2. The molecule has 3 aromatic rings. The molecule has 2 heterocycles. The smallest absolute Gasteiger partial charge is 0.324 e. The van der Waals surface area contributed by atoms with Crippen molar-refractivity contribution in [3.63, 3.8) is 0 Å². The number of ether oxygens (including phenoxy) is 1. The minimum Gasteiger partial charge on any atom is -0.609 e. The molecule has 0 saturated heterocycles. The normalized spacial score (nSPS) is 12.6. The topological polar surface area (TPSA) is 63.0 Å². The lowest BCUT2D eigenvalue weighted by Gasteiger charge is -2.14. The third-order valence-corrected chi connectivity index (χ3v) is 5.10. The molecule has 0 aliphatic rings. The fourth-order valence-corrected chi connectivity index (χ4v) is 3.85. The molecular weight excluding hydrogens is 310 g/mol. The Morgan fingerprint density at radius 2 is 2.04 bits per heavy atom. The van der Waals surface area contributed by atoms with E-state index in [2.05, 4.69) is 17.0 Å². The van der Waals surface area contributed by atoms with Crippen molar-refractivity contribution in [2.24, 2.45) is 0 Å². The third-order valence-electron chi connectivity index (χ3n) is 3.84. The highest BCUT2D eigenvalue weighted by Gasteiger charge is 2.23. The van der Waals surface area contributed by atoms with Crippen LogP contribution in [-0.4, -0.2) is 26.2 Å². The second-order valence-corrected chi connectivity index (χ2v) is 6.69. The summed E-state index contributed by atoms with van der Waals surface area (Å²) >= 11 is -1.33. The molecule has 0 saturated carbocycles. The minimum absolute atomic E-state index is 0.279. The molecular formula is C17H18N3O2S. The van der Waals surface area contributed by atoms with Gasteiger partial charge in [-0.15, -0.1) is 0 Å². The van der Waals surface area contributed by atoms with Crippen LogP contribution in [0.5, 0.6) is 5.75 Å². The highest BCUT2D eigenvalue weighted by molar-refractivity contribution is 7.90. The average molecular weight is 328 g/mol. The molecule has 23 heavy (non-hydrogen) atoms. The second-order valence-electron chi connectivity index (χ2n) is 5.35. The Morgan fingerprint density at radius 3 is 2.74 bits per heavy atom. The van der Waals surface area contributed by atoms with E-state index in [1.165, 1.54) is 0 Å². The molecule has 2 aromatic heterocycles. The molecule has 0 aliphatic heterocycles. The zero-order chi connectivity index (χ0) is 16.6. The van der Waals surface area contributed by atoms with E-state index in [1.807, 2.05) is 38.1 Å². The molecule has 0 spiro atoms. The van der Waals surface area contributed by atoms with Crippen LogP contribution in [0.1, 0.15) is 16.8 Å². The number of hydrogen-bond acceptors (Lipinski definition) is 4. The molecule has 1 unspecified atom stereocenters. The Hall–Kier alpha value is -2.05. The number of rotatable bonds is 4. The molecule has 1 radical (unpaired) electrons. The Bertz CT molecular complexity index is 860. The van der Waals surface area contributed by atoms with E-state index in [0.717, 1.165) is 33.6 Å². The highest BCUT2D eigenvalue weighted by atomic mass is 32.2. The second kappa shape index (κ2) is 6.22. The van der Waals surface area contributed by atoms with Crippen LogP contribution in [0.4, 0.5) is 0 Å². The van der Waals surface area contributed by atoms with Gasteiger partial charge >= 0.3 is 5.16 Å². The number of pyridine rings is 1.